The first-order valence-electron chi connectivity index (χ1n) is 18.9. The van der Waals surface area contributed by atoms with E-state index >= 15 is 0 Å². The number of benzene rings is 1. The molecule has 9 unspecified atom stereocenters. The van der Waals surface area contributed by atoms with Crippen LogP contribution in [0.4, 0.5) is 0 Å². The fourth-order valence-electron chi connectivity index (χ4n) is 9.55. The van der Waals surface area contributed by atoms with Crippen LogP contribution in [0.25, 0.3) is 5.70 Å². The summed E-state index contributed by atoms with van der Waals surface area (Å²) < 4.78 is 0. The summed E-state index contributed by atoms with van der Waals surface area (Å²) in [7, 11) is 0. The summed E-state index contributed by atoms with van der Waals surface area (Å²) in [6, 6.07) is 11.4. The number of nitrogens with zero attached hydrogens (tertiary/aromatic N) is 1. The largest absolute Gasteiger partial charge is 0.367 e. The highest BCUT2D eigenvalue weighted by Crippen LogP contribution is 2.48. The van der Waals surface area contributed by atoms with Gasteiger partial charge in [-0.1, -0.05) is 128 Å². The van der Waals surface area contributed by atoms with Gasteiger partial charge in [0.15, 0.2) is 0 Å². The second kappa shape index (κ2) is 15.4. The molecule has 7 rings (SSSR count). The molecule has 1 aromatic carbocycles. The Morgan fingerprint density at radius 2 is 1.74 bits per heavy atom. The predicted molar refractivity (Wildman–Crippen MR) is 200 cm³/mol. The highest BCUT2D eigenvalue weighted by Gasteiger charge is 2.40. The van der Waals surface area contributed by atoms with Gasteiger partial charge in [-0.05, 0) is 88.5 Å². The number of nitrogens with one attached hydrogen (secondary N) is 2. The first kappa shape index (κ1) is 32.4. The molecular weight excluding hydrogens is 571 g/mol. The fourth-order valence-corrected chi connectivity index (χ4v) is 9.55. The quantitative estimate of drug-likeness (QED) is 0.222. The van der Waals surface area contributed by atoms with E-state index in [0.29, 0.717) is 53.9 Å². The minimum Gasteiger partial charge on any atom is -0.367 e. The Balaban J connectivity index is 1.08. The van der Waals surface area contributed by atoms with Gasteiger partial charge in [-0.3, -0.25) is 0 Å². The number of allylic oxidation sites excluding steroid dienone is 8. The lowest BCUT2D eigenvalue weighted by Crippen LogP contribution is -2.53. The van der Waals surface area contributed by atoms with Gasteiger partial charge >= 0.3 is 0 Å². The lowest BCUT2D eigenvalue weighted by molar-refractivity contribution is 0.190. The highest BCUT2D eigenvalue weighted by atomic mass is 15.2. The molecule has 0 bridgehead atoms. The molecule has 1 fully saturated rings. The van der Waals surface area contributed by atoms with E-state index in [9.17, 15) is 0 Å². The molecule has 0 saturated heterocycles. The van der Waals surface area contributed by atoms with Gasteiger partial charge in [0.1, 0.15) is 0 Å². The molecule has 1 aliphatic heterocycles. The van der Waals surface area contributed by atoms with Crippen molar-refractivity contribution < 1.29 is 0 Å². The maximum absolute atomic E-state index is 4.17. The number of rotatable bonds is 8. The van der Waals surface area contributed by atoms with Gasteiger partial charge < -0.3 is 15.5 Å². The van der Waals surface area contributed by atoms with Crippen molar-refractivity contribution in [1.82, 2.24) is 15.5 Å². The first-order valence-corrected chi connectivity index (χ1v) is 18.9. The van der Waals surface area contributed by atoms with Crippen LogP contribution < -0.4 is 10.6 Å². The average Bonchev–Trinajstić information content (AvgIpc) is 3.11. The van der Waals surface area contributed by atoms with Crippen molar-refractivity contribution in [2.45, 2.75) is 114 Å². The number of hydrogen-bond donors (Lipinski definition) is 2. The Bertz CT molecular complexity index is 1470. The number of hydrogen-bond acceptors (Lipinski definition) is 3. The minimum atomic E-state index is 0.338. The van der Waals surface area contributed by atoms with E-state index in [1.54, 1.807) is 11.1 Å². The van der Waals surface area contributed by atoms with Gasteiger partial charge in [0.25, 0.3) is 0 Å². The van der Waals surface area contributed by atoms with Crippen LogP contribution in [0.15, 0.2) is 115 Å². The van der Waals surface area contributed by atoms with Crippen molar-refractivity contribution in [3.05, 3.63) is 126 Å². The zero-order valence-electron chi connectivity index (χ0n) is 28.8. The van der Waals surface area contributed by atoms with E-state index in [0.717, 1.165) is 32.2 Å². The zero-order valence-corrected chi connectivity index (χ0v) is 28.8. The van der Waals surface area contributed by atoms with Crippen LogP contribution in [0.2, 0.25) is 0 Å². The van der Waals surface area contributed by atoms with Crippen molar-refractivity contribution in [1.29, 1.82) is 0 Å². The van der Waals surface area contributed by atoms with Crippen LogP contribution >= 0.6 is 0 Å². The van der Waals surface area contributed by atoms with Crippen LogP contribution in [0.1, 0.15) is 95.1 Å². The van der Waals surface area contributed by atoms with Gasteiger partial charge in [0.05, 0.1) is 0 Å². The molecule has 248 valence electrons. The lowest BCUT2D eigenvalue weighted by Gasteiger charge is -2.48. The van der Waals surface area contributed by atoms with Crippen LogP contribution in [0.5, 0.6) is 0 Å². The summed E-state index contributed by atoms with van der Waals surface area (Å²) in [6.45, 7) is 5.65. The van der Waals surface area contributed by atoms with Crippen molar-refractivity contribution in [3.8, 4) is 0 Å². The summed E-state index contributed by atoms with van der Waals surface area (Å²) in [5.41, 5.74) is 6.25. The Kier molecular flexibility index (Phi) is 10.6. The van der Waals surface area contributed by atoms with E-state index in [1.807, 2.05) is 0 Å². The van der Waals surface area contributed by atoms with Gasteiger partial charge in [-0.25, -0.2) is 0 Å². The summed E-state index contributed by atoms with van der Waals surface area (Å²) in [5.74, 6) is 2.39. The fraction of sp³-hybridized carbons (Fsp3) is 0.500. The van der Waals surface area contributed by atoms with Crippen LogP contribution in [-0.2, 0) is 0 Å². The van der Waals surface area contributed by atoms with Gasteiger partial charge in [-0.2, -0.15) is 0 Å². The van der Waals surface area contributed by atoms with E-state index < -0.39 is 0 Å². The van der Waals surface area contributed by atoms with Crippen molar-refractivity contribution >= 4 is 5.70 Å². The molecule has 2 N–H and O–H groups in total. The first-order chi connectivity index (χ1) is 23.2. The van der Waals surface area contributed by atoms with Gasteiger partial charge in [0, 0.05) is 53.9 Å². The van der Waals surface area contributed by atoms with Crippen molar-refractivity contribution in [2.75, 3.05) is 6.54 Å². The molecule has 9 atom stereocenters. The summed E-state index contributed by atoms with van der Waals surface area (Å²) in [4.78, 5) is 2.87. The minimum absolute atomic E-state index is 0.338. The molecule has 0 aromatic heterocycles. The molecule has 1 aromatic rings. The summed E-state index contributed by atoms with van der Waals surface area (Å²) >= 11 is 0. The molecule has 1 heterocycles. The summed E-state index contributed by atoms with van der Waals surface area (Å²) in [5, 5.41) is 8.16. The Labute approximate surface area is 285 Å². The standard InChI is InChI=1S/C44H57N3/c1-3-4-6-23-40(33-17-7-5-8-18-33)45-35-26-28-36(29-27-35)46-41-24-15-25-42-44(41)32(2)16-13-14-30-47(42)43-31-34-19-9-10-20-37(34)38-21-11-12-22-39(38)43/h3-8,11-12,15-17,21-24,26,28,31,33-37,40-42,44-46H,9-10,13-14,18-20,25,27,29-30H2,1-2H3/b4-3-,23-6-,32-16+. The molecule has 3 heteroatoms. The molecule has 47 heavy (non-hydrogen) atoms. The maximum atomic E-state index is 4.17. The normalized spacial score (nSPS) is 35.4. The zero-order chi connectivity index (χ0) is 32.0. The second-order valence-corrected chi connectivity index (χ2v) is 14.9. The molecule has 0 radical (unpaired) electrons. The second-order valence-electron chi connectivity index (χ2n) is 14.9. The third-order valence-corrected chi connectivity index (χ3v) is 11.9. The van der Waals surface area contributed by atoms with Gasteiger partial charge in [0.2, 0.25) is 0 Å². The topological polar surface area (TPSA) is 27.3 Å². The molecule has 0 spiro atoms. The molecule has 1 saturated carbocycles. The van der Waals surface area contributed by atoms with Crippen LogP contribution in [-0.4, -0.2) is 41.7 Å². The SMILES string of the molecule is C/C=C\C=C/C(NC1C=CC(NC2C=CCC3C2/C(C)=C/CCCN3C2=CC3CCCCC3c3ccccc32)CC1)C1C=CC=CC1. The third-order valence-electron chi connectivity index (χ3n) is 11.9. The van der Waals surface area contributed by atoms with Gasteiger partial charge in [-0.15, -0.1) is 0 Å². The Morgan fingerprint density at radius 1 is 0.872 bits per heavy atom. The molecule has 3 nitrogen and oxygen atoms in total. The Hall–Kier alpha value is -3.14. The van der Waals surface area contributed by atoms with Crippen molar-refractivity contribution in [3.63, 3.8) is 0 Å². The van der Waals surface area contributed by atoms with E-state index in [4.69, 9.17) is 0 Å². The number of fused-ring (bicyclic) bond motifs is 4. The monoisotopic (exact) mass is 627 g/mol. The van der Waals surface area contributed by atoms with Crippen LogP contribution in [0.3, 0.4) is 0 Å². The average molecular weight is 628 g/mol. The molecular formula is C44H57N3. The Morgan fingerprint density at radius 3 is 2.60 bits per heavy atom. The molecule has 6 aliphatic rings. The molecule has 5 aliphatic carbocycles. The predicted octanol–water partition coefficient (Wildman–Crippen LogP) is 9.57. The summed E-state index contributed by atoms with van der Waals surface area (Å²) in [6.07, 6.45) is 45.4. The molecule has 0 amide bonds. The lowest BCUT2D eigenvalue weighted by atomic mass is 9.69. The van der Waals surface area contributed by atoms with Crippen LogP contribution in [0, 0.1) is 17.8 Å². The van der Waals surface area contributed by atoms with E-state index in [1.165, 1.54) is 49.8 Å². The van der Waals surface area contributed by atoms with E-state index in [2.05, 4.69) is 139 Å². The van der Waals surface area contributed by atoms with Crippen molar-refractivity contribution in [2.24, 2.45) is 17.8 Å². The smallest absolute Gasteiger partial charge is 0.0408 e. The maximum Gasteiger partial charge on any atom is 0.0408 e. The van der Waals surface area contributed by atoms with E-state index in [-0.39, 0.29) is 0 Å². The highest BCUT2D eigenvalue weighted by molar-refractivity contribution is 5.71. The third kappa shape index (κ3) is 7.32.